The van der Waals surface area contributed by atoms with Crippen molar-refractivity contribution >= 4 is 17.4 Å². The zero-order valence-corrected chi connectivity index (χ0v) is 15.5. The minimum absolute atomic E-state index is 0.0850. The van der Waals surface area contributed by atoms with Crippen LogP contribution in [-0.2, 0) is 6.54 Å². The maximum Gasteiger partial charge on any atom is 0.404 e. The first kappa shape index (κ1) is 18.2. The van der Waals surface area contributed by atoms with Gasteiger partial charge >= 0.3 is 6.09 Å². The number of nitrogens with one attached hydrogen (secondary N) is 1. The zero-order chi connectivity index (χ0) is 19.7. The Morgan fingerprint density at radius 3 is 2.75 bits per heavy atom. The van der Waals surface area contributed by atoms with Crippen molar-refractivity contribution in [3.63, 3.8) is 0 Å². The zero-order valence-electron chi connectivity index (χ0n) is 15.5. The summed E-state index contributed by atoms with van der Waals surface area (Å²) < 4.78 is 16.3. The number of amides is 1. The number of hydrogen-bond acceptors (Lipinski definition) is 5. The molecule has 2 N–H and O–H groups in total. The lowest BCUT2D eigenvalue weighted by Crippen LogP contribution is -2.44. The Morgan fingerprint density at radius 2 is 2.04 bits per heavy atom. The molecule has 0 spiro atoms. The van der Waals surface area contributed by atoms with E-state index in [1.807, 2.05) is 12.3 Å². The van der Waals surface area contributed by atoms with Crippen LogP contribution in [-0.4, -0.2) is 63.9 Å². The number of anilines is 1. The van der Waals surface area contributed by atoms with Gasteiger partial charge in [0.2, 0.25) is 0 Å². The molecule has 28 heavy (non-hydrogen) atoms. The average molecular weight is 384 g/mol. The molecule has 0 saturated carbocycles. The number of rotatable bonds is 4. The fraction of sp³-hybridized carbons (Fsp3) is 0.316. The summed E-state index contributed by atoms with van der Waals surface area (Å²) in [6.45, 7) is 3.55. The predicted molar refractivity (Wildman–Crippen MR) is 103 cm³/mol. The first-order valence-corrected chi connectivity index (χ1v) is 9.05. The molecular formula is C19H21FN6O2. The molecular weight excluding hydrogens is 363 g/mol. The van der Waals surface area contributed by atoms with E-state index in [0.717, 1.165) is 37.5 Å². The summed E-state index contributed by atoms with van der Waals surface area (Å²) in [7, 11) is 2.09. The summed E-state index contributed by atoms with van der Waals surface area (Å²) in [5, 5.41) is 15.2. The fourth-order valence-electron chi connectivity index (χ4n) is 3.32. The van der Waals surface area contributed by atoms with Gasteiger partial charge in [0.25, 0.3) is 0 Å². The molecule has 1 saturated heterocycles. The van der Waals surface area contributed by atoms with Crippen LogP contribution in [0, 0.1) is 5.82 Å². The quantitative estimate of drug-likeness (QED) is 0.716. The second kappa shape index (κ2) is 7.43. The number of likely N-dealkylation sites (N-methyl/N-ethyl adjacent to an activating group) is 1. The van der Waals surface area contributed by atoms with Crippen LogP contribution in [0.25, 0.3) is 16.8 Å². The molecule has 0 bridgehead atoms. The Bertz CT molecular complexity index is 1010. The number of piperazine rings is 1. The van der Waals surface area contributed by atoms with Gasteiger partial charge in [0.15, 0.2) is 0 Å². The summed E-state index contributed by atoms with van der Waals surface area (Å²) >= 11 is 0. The third-order valence-electron chi connectivity index (χ3n) is 4.96. The lowest BCUT2D eigenvalue weighted by molar-refractivity contribution is 0.194. The lowest BCUT2D eigenvalue weighted by atomic mass is 10.1. The first-order chi connectivity index (χ1) is 13.5. The SMILES string of the molecule is CN1CCN(c2cn3nccc3c(-c3ccc(CNC(=O)O)c(F)c3)n2)CC1. The summed E-state index contributed by atoms with van der Waals surface area (Å²) in [6.07, 6.45) is 2.40. The Kier molecular flexibility index (Phi) is 4.82. The Balaban J connectivity index is 1.70. The number of benzene rings is 1. The summed E-state index contributed by atoms with van der Waals surface area (Å²) in [5.74, 6) is 0.326. The predicted octanol–water partition coefficient (Wildman–Crippen LogP) is 2.05. The number of fused-ring (bicyclic) bond motifs is 1. The summed E-state index contributed by atoms with van der Waals surface area (Å²) in [5.41, 5.74) is 2.34. The van der Waals surface area contributed by atoms with Gasteiger partial charge in [-0.25, -0.2) is 18.7 Å². The number of aromatic nitrogens is 3. The van der Waals surface area contributed by atoms with Crippen molar-refractivity contribution in [1.29, 1.82) is 0 Å². The van der Waals surface area contributed by atoms with Crippen molar-refractivity contribution in [2.75, 3.05) is 38.1 Å². The normalized spacial score (nSPS) is 15.1. The maximum atomic E-state index is 14.5. The van der Waals surface area contributed by atoms with Crippen LogP contribution in [0.5, 0.6) is 0 Å². The molecule has 0 unspecified atom stereocenters. The van der Waals surface area contributed by atoms with Crippen molar-refractivity contribution in [3.05, 3.63) is 48.0 Å². The van der Waals surface area contributed by atoms with Gasteiger partial charge < -0.3 is 20.2 Å². The van der Waals surface area contributed by atoms with Crippen LogP contribution in [0.3, 0.4) is 0 Å². The molecule has 3 heterocycles. The minimum Gasteiger partial charge on any atom is -0.465 e. The number of halogens is 1. The van der Waals surface area contributed by atoms with E-state index in [1.165, 1.54) is 6.07 Å². The van der Waals surface area contributed by atoms with E-state index in [2.05, 4.69) is 27.3 Å². The van der Waals surface area contributed by atoms with Gasteiger partial charge in [-0.2, -0.15) is 5.10 Å². The molecule has 1 aliphatic heterocycles. The minimum atomic E-state index is -1.19. The monoisotopic (exact) mass is 384 g/mol. The highest BCUT2D eigenvalue weighted by atomic mass is 19.1. The largest absolute Gasteiger partial charge is 0.465 e. The van der Waals surface area contributed by atoms with E-state index in [4.69, 9.17) is 10.1 Å². The molecule has 0 atom stereocenters. The second-order valence-corrected chi connectivity index (χ2v) is 6.86. The van der Waals surface area contributed by atoms with E-state index in [0.29, 0.717) is 11.3 Å². The van der Waals surface area contributed by atoms with Crippen molar-refractivity contribution < 1.29 is 14.3 Å². The highest BCUT2D eigenvalue weighted by Gasteiger charge is 2.19. The highest BCUT2D eigenvalue weighted by Crippen LogP contribution is 2.27. The Morgan fingerprint density at radius 1 is 1.25 bits per heavy atom. The number of carboxylic acid groups (broad SMARTS) is 1. The van der Waals surface area contributed by atoms with E-state index < -0.39 is 11.9 Å². The lowest BCUT2D eigenvalue weighted by Gasteiger charge is -2.33. The van der Waals surface area contributed by atoms with Gasteiger partial charge in [-0.15, -0.1) is 0 Å². The molecule has 1 fully saturated rings. The van der Waals surface area contributed by atoms with Gasteiger partial charge in [0.1, 0.15) is 11.6 Å². The molecule has 0 radical (unpaired) electrons. The van der Waals surface area contributed by atoms with E-state index in [-0.39, 0.29) is 12.1 Å². The van der Waals surface area contributed by atoms with E-state index >= 15 is 0 Å². The van der Waals surface area contributed by atoms with Gasteiger partial charge in [0.05, 0.1) is 23.6 Å². The molecule has 146 valence electrons. The molecule has 9 heteroatoms. The third-order valence-corrected chi connectivity index (χ3v) is 4.96. The standard InChI is InChI=1S/C19H21FN6O2/c1-24-6-8-25(9-7-24)17-12-26-16(4-5-22-26)18(23-17)13-2-3-14(15(20)10-13)11-21-19(27)28/h2-5,10,12,21H,6-9,11H2,1H3,(H,27,28). The number of hydrogen-bond donors (Lipinski definition) is 2. The van der Waals surface area contributed by atoms with Crippen molar-refractivity contribution in [3.8, 4) is 11.3 Å². The molecule has 1 aliphatic rings. The van der Waals surface area contributed by atoms with Crippen LogP contribution >= 0.6 is 0 Å². The average Bonchev–Trinajstić information content (AvgIpc) is 3.15. The van der Waals surface area contributed by atoms with Crippen molar-refractivity contribution in [2.24, 2.45) is 0 Å². The second-order valence-electron chi connectivity index (χ2n) is 6.86. The van der Waals surface area contributed by atoms with Crippen LogP contribution in [0.1, 0.15) is 5.56 Å². The smallest absolute Gasteiger partial charge is 0.404 e. The topological polar surface area (TPSA) is 86.0 Å². The molecule has 4 rings (SSSR count). The van der Waals surface area contributed by atoms with E-state index in [1.54, 1.807) is 22.8 Å². The van der Waals surface area contributed by atoms with Crippen LogP contribution in [0.4, 0.5) is 15.0 Å². The molecule has 2 aromatic heterocycles. The molecule has 8 nitrogen and oxygen atoms in total. The highest BCUT2D eigenvalue weighted by molar-refractivity contribution is 5.78. The van der Waals surface area contributed by atoms with Crippen LogP contribution in [0.15, 0.2) is 36.7 Å². The third kappa shape index (κ3) is 3.61. The van der Waals surface area contributed by atoms with Gasteiger partial charge in [-0.05, 0) is 19.2 Å². The molecule has 1 amide bonds. The number of nitrogens with zero attached hydrogens (tertiary/aromatic N) is 5. The van der Waals surface area contributed by atoms with Gasteiger partial charge in [-0.3, -0.25) is 0 Å². The summed E-state index contributed by atoms with van der Waals surface area (Å²) in [4.78, 5) is 19.9. The fourth-order valence-corrected chi connectivity index (χ4v) is 3.32. The number of carbonyl (C=O) groups is 1. The molecule has 3 aromatic rings. The van der Waals surface area contributed by atoms with Crippen LogP contribution < -0.4 is 10.2 Å². The Hall–Kier alpha value is -3.20. The Labute approximate surface area is 161 Å². The summed E-state index contributed by atoms with van der Waals surface area (Å²) in [6, 6.07) is 6.57. The molecule has 1 aromatic carbocycles. The molecule has 0 aliphatic carbocycles. The maximum absolute atomic E-state index is 14.5. The van der Waals surface area contributed by atoms with Crippen molar-refractivity contribution in [2.45, 2.75) is 6.54 Å². The van der Waals surface area contributed by atoms with Crippen LogP contribution in [0.2, 0.25) is 0 Å². The van der Waals surface area contributed by atoms with Crippen molar-refractivity contribution in [1.82, 2.24) is 24.8 Å². The van der Waals surface area contributed by atoms with Gasteiger partial charge in [-0.1, -0.05) is 12.1 Å². The first-order valence-electron chi connectivity index (χ1n) is 9.05. The van der Waals surface area contributed by atoms with Gasteiger partial charge in [0, 0.05) is 43.9 Å². The van der Waals surface area contributed by atoms with E-state index in [9.17, 15) is 9.18 Å².